The Morgan fingerprint density at radius 3 is 2.58 bits per heavy atom. The summed E-state index contributed by atoms with van der Waals surface area (Å²) in [5.41, 5.74) is 5.07. The average molecular weight is 432 g/mol. The van der Waals surface area contributed by atoms with Crippen molar-refractivity contribution < 1.29 is 19.0 Å². The number of nitrogens with one attached hydrogen (secondary N) is 1. The van der Waals surface area contributed by atoms with E-state index in [0.717, 1.165) is 19.3 Å². The number of aromatic carboxylic acids is 1. The molecule has 4 N–H and O–H groups in total. The van der Waals surface area contributed by atoms with Crippen molar-refractivity contribution >= 4 is 28.2 Å². The molecule has 1 saturated carbocycles. The number of hydrogen-bond acceptors (Lipinski definition) is 6. The number of halogens is 1. The van der Waals surface area contributed by atoms with Crippen LogP contribution in [-0.2, 0) is 0 Å². The second-order valence-electron chi connectivity index (χ2n) is 9.05. The van der Waals surface area contributed by atoms with E-state index in [4.69, 9.17) is 10.5 Å². The quantitative estimate of drug-likeness (QED) is 0.602. The summed E-state index contributed by atoms with van der Waals surface area (Å²) >= 11 is 0. The number of anilines is 2. The van der Waals surface area contributed by atoms with Crippen LogP contribution in [0.25, 0.3) is 10.9 Å². The first kappa shape index (κ1) is 21.4. The van der Waals surface area contributed by atoms with Crippen LogP contribution in [0.4, 0.5) is 15.8 Å². The van der Waals surface area contributed by atoms with Crippen LogP contribution in [0.15, 0.2) is 11.0 Å². The molecular formula is C22H29FN4O4. The third-order valence-electron chi connectivity index (χ3n) is 6.92. The maximum Gasteiger partial charge on any atom is 0.341 e. The number of benzene rings is 1. The Kier molecular flexibility index (Phi) is 5.12. The molecule has 168 valence electrons. The summed E-state index contributed by atoms with van der Waals surface area (Å²) in [6.07, 6.45) is 3.89. The highest BCUT2D eigenvalue weighted by Gasteiger charge is 2.38. The second-order valence-corrected chi connectivity index (χ2v) is 9.05. The molecule has 0 spiro atoms. The molecule has 1 saturated heterocycles. The molecule has 9 heteroatoms. The summed E-state index contributed by atoms with van der Waals surface area (Å²) in [6, 6.07) is 0.0300. The van der Waals surface area contributed by atoms with Gasteiger partial charge in [0.2, 0.25) is 5.43 Å². The summed E-state index contributed by atoms with van der Waals surface area (Å²) in [6.45, 7) is 5.45. The van der Waals surface area contributed by atoms with Crippen LogP contribution in [0.2, 0.25) is 0 Å². The number of carbonyl (C=O) groups is 1. The van der Waals surface area contributed by atoms with Gasteiger partial charge in [-0.2, -0.15) is 0 Å². The van der Waals surface area contributed by atoms with Crippen LogP contribution >= 0.6 is 0 Å². The minimum Gasteiger partial charge on any atom is -0.492 e. The number of carboxylic acid groups (broad SMARTS) is 1. The maximum atomic E-state index is 15.6. The lowest BCUT2D eigenvalue weighted by molar-refractivity contribution is 0.0695. The van der Waals surface area contributed by atoms with Crippen molar-refractivity contribution in [2.45, 2.75) is 44.7 Å². The highest BCUT2D eigenvalue weighted by Crippen LogP contribution is 2.47. The first-order valence-electron chi connectivity index (χ1n) is 10.5. The van der Waals surface area contributed by atoms with Gasteiger partial charge in [-0.1, -0.05) is 0 Å². The van der Waals surface area contributed by atoms with Crippen molar-refractivity contribution in [3.8, 4) is 5.75 Å². The van der Waals surface area contributed by atoms with E-state index in [1.54, 1.807) is 4.57 Å². The second kappa shape index (κ2) is 7.40. The zero-order valence-electron chi connectivity index (χ0n) is 18.3. The summed E-state index contributed by atoms with van der Waals surface area (Å²) in [4.78, 5) is 26.5. The molecule has 1 aromatic carbocycles. The smallest absolute Gasteiger partial charge is 0.341 e. The Morgan fingerprint density at radius 2 is 2.03 bits per heavy atom. The Bertz CT molecular complexity index is 1120. The summed E-state index contributed by atoms with van der Waals surface area (Å²) in [7, 11) is 3.35. The van der Waals surface area contributed by atoms with Gasteiger partial charge >= 0.3 is 5.97 Å². The Balaban J connectivity index is 1.98. The molecule has 2 aliphatic rings. The van der Waals surface area contributed by atoms with Gasteiger partial charge in [-0.25, -0.2) is 9.18 Å². The summed E-state index contributed by atoms with van der Waals surface area (Å²) in [5.74, 6) is -1.60. The monoisotopic (exact) mass is 432 g/mol. The molecule has 0 amide bonds. The molecular weight excluding hydrogens is 403 g/mol. The molecule has 2 heterocycles. The molecule has 8 nitrogen and oxygen atoms in total. The molecule has 1 atom stereocenters. The van der Waals surface area contributed by atoms with E-state index < -0.39 is 22.8 Å². The first-order valence-corrected chi connectivity index (χ1v) is 10.5. The van der Waals surface area contributed by atoms with Gasteiger partial charge in [-0.05, 0) is 46.1 Å². The molecule has 0 bridgehead atoms. The van der Waals surface area contributed by atoms with Gasteiger partial charge in [0.05, 0.1) is 23.7 Å². The number of nitrogens with two attached hydrogens (primary N) is 1. The van der Waals surface area contributed by atoms with Crippen LogP contribution in [0.1, 0.15) is 49.5 Å². The number of carboxylic acids is 1. The fraction of sp³-hybridized carbons (Fsp3) is 0.545. The molecule has 0 radical (unpaired) electrons. The molecule has 4 rings (SSSR count). The lowest BCUT2D eigenvalue weighted by Gasteiger charge is -2.32. The van der Waals surface area contributed by atoms with Gasteiger partial charge in [0.1, 0.15) is 11.3 Å². The molecule has 0 unspecified atom stereocenters. The van der Waals surface area contributed by atoms with Crippen LogP contribution in [0.3, 0.4) is 0 Å². The van der Waals surface area contributed by atoms with E-state index in [2.05, 4.69) is 19.2 Å². The average Bonchev–Trinajstić information content (AvgIpc) is 3.45. The third-order valence-corrected chi connectivity index (χ3v) is 6.92. The van der Waals surface area contributed by atoms with Gasteiger partial charge in [-0.15, -0.1) is 0 Å². The Labute approximate surface area is 179 Å². The van der Waals surface area contributed by atoms with Crippen LogP contribution < -0.4 is 26.1 Å². The third kappa shape index (κ3) is 3.31. The van der Waals surface area contributed by atoms with Crippen molar-refractivity contribution in [2.24, 2.45) is 5.92 Å². The molecule has 2 fully saturated rings. The van der Waals surface area contributed by atoms with Gasteiger partial charge in [0.15, 0.2) is 11.6 Å². The number of aromatic nitrogens is 1. The number of fused-ring (bicyclic) bond motifs is 1. The fourth-order valence-corrected chi connectivity index (χ4v) is 4.59. The molecule has 31 heavy (non-hydrogen) atoms. The molecule has 2 aromatic rings. The summed E-state index contributed by atoms with van der Waals surface area (Å²) < 4.78 is 23.0. The van der Waals surface area contributed by atoms with Gasteiger partial charge < -0.3 is 30.4 Å². The lowest BCUT2D eigenvalue weighted by Crippen LogP contribution is -2.45. The Morgan fingerprint density at radius 1 is 1.35 bits per heavy atom. The number of nitrogens with zero attached hydrogens (tertiary/aromatic N) is 2. The predicted octanol–water partition coefficient (Wildman–Crippen LogP) is 2.59. The van der Waals surface area contributed by atoms with E-state index in [0.29, 0.717) is 18.6 Å². The first-order chi connectivity index (χ1) is 14.6. The van der Waals surface area contributed by atoms with Crippen molar-refractivity contribution in [1.29, 1.82) is 0 Å². The van der Waals surface area contributed by atoms with Crippen LogP contribution in [0.5, 0.6) is 5.75 Å². The standard InChI is InChI=1S/C22H29FN4O4/c1-22(2,25-3)11-7-8-26(9-11)18-15(23)16(24)14-17(20(18)31-4)27(12-5-6-12)10-13(19(14)28)21(29)30/h10-12,25H,5-9,24H2,1-4H3,(H,29,30)/t11-/m0/s1. The minimum atomic E-state index is -1.36. The highest BCUT2D eigenvalue weighted by atomic mass is 19.1. The number of methoxy groups -OCH3 is 1. The largest absolute Gasteiger partial charge is 0.492 e. The Hall–Kier alpha value is -2.81. The van der Waals surface area contributed by atoms with Crippen molar-refractivity contribution in [3.63, 3.8) is 0 Å². The van der Waals surface area contributed by atoms with E-state index in [1.807, 2.05) is 11.9 Å². The molecule has 1 aromatic heterocycles. The predicted molar refractivity (Wildman–Crippen MR) is 118 cm³/mol. The minimum absolute atomic E-state index is 0.0300. The topological polar surface area (TPSA) is 110 Å². The van der Waals surface area contributed by atoms with Crippen molar-refractivity contribution in [1.82, 2.24) is 9.88 Å². The molecule has 1 aliphatic carbocycles. The highest BCUT2D eigenvalue weighted by molar-refractivity contribution is 6.03. The molecule has 1 aliphatic heterocycles. The lowest BCUT2D eigenvalue weighted by atomic mass is 9.87. The van der Waals surface area contributed by atoms with Crippen LogP contribution in [-0.4, -0.2) is 48.4 Å². The van der Waals surface area contributed by atoms with Crippen molar-refractivity contribution in [3.05, 3.63) is 27.8 Å². The van der Waals surface area contributed by atoms with Crippen molar-refractivity contribution in [2.75, 3.05) is 37.9 Å². The van der Waals surface area contributed by atoms with E-state index in [-0.39, 0.29) is 40.0 Å². The number of ether oxygens (including phenoxy) is 1. The number of hydrogen-bond donors (Lipinski definition) is 3. The van der Waals surface area contributed by atoms with E-state index in [9.17, 15) is 14.7 Å². The summed E-state index contributed by atoms with van der Waals surface area (Å²) in [5, 5.41) is 12.7. The zero-order valence-corrected chi connectivity index (χ0v) is 18.3. The van der Waals surface area contributed by atoms with E-state index in [1.165, 1.54) is 13.3 Å². The van der Waals surface area contributed by atoms with E-state index >= 15 is 4.39 Å². The van der Waals surface area contributed by atoms with Gasteiger partial charge in [0.25, 0.3) is 0 Å². The van der Waals surface area contributed by atoms with Crippen LogP contribution in [0, 0.1) is 11.7 Å². The number of nitrogen functional groups attached to an aromatic ring is 1. The maximum absolute atomic E-state index is 15.6. The zero-order chi connectivity index (χ0) is 22.7. The van der Waals surface area contributed by atoms with Gasteiger partial charge in [0, 0.05) is 30.9 Å². The number of rotatable bonds is 6. The fourth-order valence-electron chi connectivity index (χ4n) is 4.59. The normalized spacial score (nSPS) is 19.3. The van der Waals surface area contributed by atoms with Gasteiger partial charge in [-0.3, -0.25) is 4.79 Å². The SMILES string of the molecule is CNC(C)(C)[C@H]1CCN(c2c(F)c(N)c3c(=O)c(C(=O)O)cn(C4CC4)c3c2OC)C1. The number of pyridine rings is 1.